The van der Waals surface area contributed by atoms with Crippen molar-refractivity contribution in [3.63, 3.8) is 0 Å². The molecule has 0 atom stereocenters. The first-order valence-electron chi connectivity index (χ1n) is 6.92. The molecular weight excluding hydrogens is 240 g/mol. The largest absolute Gasteiger partial charge is 0.462 e. The van der Waals surface area contributed by atoms with Gasteiger partial charge in [-0.25, -0.2) is 4.79 Å². The van der Waals surface area contributed by atoms with Crippen molar-refractivity contribution in [3.05, 3.63) is 23.8 Å². The van der Waals surface area contributed by atoms with Crippen LogP contribution in [0.3, 0.4) is 0 Å². The van der Waals surface area contributed by atoms with Crippen LogP contribution in [0.1, 0.15) is 44.0 Å². The molecule has 19 heavy (non-hydrogen) atoms. The fraction of sp³-hybridized carbons (Fsp3) is 0.533. The van der Waals surface area contributed by atoms with Crippen molar-refractivity contribution >= 4 is 17.3 Å². The molecule has 4 heteroatoms. The Kier molecular flexibility index (Phi) is 6.19. The highest BCUT2D eigenvalue weighted by Gasteiger charge is 2.10. The molecule has 0 aliphatic carbocycles. The van der Waals surface area contributed by atoms with E-state index in [-0.39, 0.29) is 5.97 Å². The summed E-state index contributed by atoms with van der Waals surface area (Å²) < 4.78 is 4.98. The predicted octanol–water partition coefficient (Wildman–Crippen LogP) is 3.29. The second kappa shape index (κ2) is 7.67. The van der Waals surface area contributed by atoms with Gasteiger partial charge in [-0.05, 0) is 31.0 Å². The van der Waals surface area contributed by atoms with E-state index >= 15 is 0 Å². The number of ether oxygens (including phenoxy) is 1. The highest BCUT2D eigenvalue weighted by molar-refractivity contribution is 5.92. The van der Waals surface area contributed by atoms with Crippen molar-refractivity contribution in [1.82, 2.24) is 0 Å². The minimum Gasteiger partial charge on any atom is -0.462 e. The van der Waals surface area contributed by atoms with Crippen LogP contribution in [0.2, 0.25) is 0 Å². The summed E-state index contributed by atoms with van der Waals surface area (Å²) in [6.45, 7) is 7.38. The van der Waals surface area contributed by atoms with E-state index in [1.54, 1.807) is 25.1 Å². The Balaban J connectivity index is 2.77. The second-order valence-corrected chi connectivity index (χ2v) is 4.59. The average molecular weight is 264 g/mol. The van der Waals surface area contributed by atoms with Gasteiger partial charge >= 0.3 is 5.97 Å². The minimum absolute atomic E-state index is 0.312. The molecule has 1 aromatic carbocycles. The Hall–Kier alpha value is -1.71. The Morgan fingerprint density at radius 2 is 2.00 bits per heavy atom. The van der Waals surface area contributed by atoms with Crippen LogP contribution in [-0.2, 0) is 4.74 Å². The molecule has 1 aromatic rings. The summed E-state index contributed by atoms with van der Waals surface area (Å²) >= 11 is 0. The Morgan fingerprint density at radius 3 is 2.58 bits per heavy atom. The monoisotopic (exact) mass is 264 g/mol. The maximum absolute atomic E-state index is 11.7. The van der Waals surface area contributed by atoms with E-state index in [2.05, 4.69) is 19.2 Å². The number of rotatable bonds is 7. The van der Waals surface area contributed by atoms with E-state index < -0.39 is 0 Å². The number of anilines is 2. The van der Waals surface area contributed by atoms with Crippen LogP contribution in [0.25, 0.3) is 0 Å². The maximum atomic E-state index is 11.7. The number of nitrogen functional groups attached to an aromatic ring is 1. The first kappa shape index (κ1) is 15.3. The van der Waals surface area contributed by atoms with Gasteiger partial charge in [-0.1, -0.05) is 26.7 Å². The van der Waals surface area contributed by atoms with Gasteiger partial charge in [0.2, 0.25) is 0 Å². The summed E-state index contributed by atoms with van der Waals surface area (Å²) in [5.74, 6) is 0.304. The minimum atomic E-state index is -0.312. The lowest BCUT2D eigenvalue weighted by molar-refractivity contribution is 0.0526. The number of hydrogen-bond acceptors (Lipinski definition) is 4. The van der Waals surface area contributed by atoms with E-state index in [4.69, 9.17) is 10.5 Å². The lowest BCUT2D eigenvalue weighted by atomic mass is 10.0. The molecule has 0 bridgehead atoms. The van der Waals surface area contributed by atoms with Gasteiger partial charge in [0.1, 0.15) is 0 Å². The number of nitrogens with two attached hydrogens (primary N) is 1. The molecule has 0 saturated carbocycles. The number of esters is 1. The maximum Gasteiger partial charge on any atom is 0.338 e. The molecule has 0 radical (unpaired) electrons. The molecule has 1 rings (SSSR count). The number of carbonyl (C=O) groups is 1. The topological polar surface area (TPSA) is 64.3 Å². The summed E-state index contributed by atoms with van der Waals surface area (Å²) in [6.07, 6.45) is 2.25. The summed E-state index contributed by atoms with van der Waals surface area (Å²) in [6, 6.07) is 5.19. The molecule has 0 spiro atoms. The van der Waals surface area contributed by atoms with E-state index in [1.165, 1.54) is 0 Å². The molecule has 0 heterocycles. The number of hydrogen-bond donors (Lipinski definition) is 2. The smallest absolute Gasteiger partial charge is 0.338 e. The van der Waals surface area contributed by atoms with Gasteiger partial charge < -0.3 is 15.8 Å². The van der Waals surface area contributed by atoms with E-state index in [9.17, 15) is 4.79 Å². The summed E-state index contributed by atoms with van der Waals surface area (Å²) in [4.78, 5) is 11.7. The Bertz CT molecular complexity index is 415. The lowest BCUT2D eigenvalue weighted by Crippen LogP contribution is -2.14. The Labute approximate surface area is 115 Å². The molecule has 0 aliphatic rings. The van der Waals surface area contributed by atoms with Gasteiger partial charge in [0.15, 0.2) is 0 Å². The normalized spacial score (nSPS) is 10.5. The van der Waals surface area contributed by atoms with E-state index in [1.807, 2.05) is 0 Å². The number of benzene rings is 1. The molecular formula is C15H24N2O2. The van der Waals surface area contributed by atoms with Gasteiger partial charge in [0, 0.05) is 6.54 Å². The van der Waals surface area contributed by atoms with Crippen LogP contribution in [-0.4, -0.2) is 19.1 Å². The SMILES string of the molecule is CCOC(=O)c1ccc(N)c(NCC(CC)CC)c1. The van der Waals surface area contributed by atoms with Crippen molar-refractivity contribution in [1.29, 1.82) is 0 Å². The van der Waals surface area contributed by atoms with Gasteiger partial charge in [-0.2, -0.15) is 0 Å². The molecule has 4 nitrogen and oxygen atoms in total. The van der Waals surface area contributed by atoms with Crippen molar-refractivity contribution in [3.8, 4) is 0 Å². The highest BCUT2D eigenvalue weighted by atomic mass is 16.5. The average Bonchev–Trinajstić information content (AvgIpc) is 2.42. The summed E-state index contributed by atoms with van der Waals surface area (Å²) in [5, 5.41) is 3.32. The van der Waals surface area contributed by atoms with Crippen LogP contribution >= 0.6 is 0 Å². The van der Waals surface area contributed by atoms with Crippen LogP contribution in [0.5, 0.6) is 0 Å². The Morgan fingerprint density at radius 1 is 1.32 bits per heavy atom. The van der Waals surface area contributed by atoms with E-state index in [0.29, 0.717) is 23.8 Å². The summed E-state index contributed by atoms with van der Waals surface area (Å²) in [7, 11) is 0. The standard InChI is InChI=1S/C15H24N2O2/c1-4-11(5-2)10-17-14-9-12(7-8-13(14)16)15(18)19-6-3/h7-9,11,17H,4-6,10,16H2,1-3H3. The fourth-order valence-electron chi connectivity index (χ4n) is 1.88. The fourth-order valence-corrected chi connectivity index (χ4v) is 1.88. The first-order chi connectivity index (χ1) is 9.12. The zero-order valence-corrected chi connectivity index (χ0v) is 12.0. The van der Waals surface area contributed by atoms with Gasteiger partial charge in [0.05, 0.1) is 23.5 Å². The zero-order chi connectivity index (χ0) is 14.3. The first-order valence-corrected chi connectivity index (χ1v) is 6.92. The molecule has 0 fully saturated rings. The van der Waals surface area contributed by atoms with Crippen molar-refractivity contribution in [2.75, 3.05) is 24.2 Å². The summed E-state index contributed by atoms with van der Waals surface area (Å²) in [5.41, 5.74) is 7.90. The third-order valence-electron chi connectivity index (χ3n) is 3.30. The molecule has 0 saturated heterocycles. The number of nitrogens with one attached hydrogen (secondary N) is 1. The lowest BCUT2D eigenvalue weighted by Gasteiger charge is -2.16. The van der Waals surface area contributed by atoms with Crippen LogP contribution < -0.4 is 11.1 Å². The number of carbonyl (C=O) groups excluding carboxylic acids is 1. The quantitative estimate of drug-likeness (QED) is 0.586. The second-order valence-electron chi connectivity index (χ2n) is 4.59. The van der Waals surface area contributed by atoms with Crippen molar-refractivity contribution in [2.24, 2.45) is 5.92 Å². The van der Waals surface area contributed by atoms with Crippen molar-refractivity contribution < 1.29 is 9.53 Å². The van der Waals surface area contributed by atoms with Gasteiger partial charge in [0.25, 0.3) is 0 Å². The van der Waals surface area contributed by atoms with Crippen LogP contribution in [0.4, 0.5) is 11.4 Å². The molecule has 0 unspecified atom stereocenters. The zero-order valence-electron chi connectivity index (χ0n) is 12.0. The van der Waals surface area contributed by atoms with Crippen LogP contribution in [0.15, 0.2) is 18.2 Å². The molecule has 0 aliphatic heterocycles. The van der Waals surface area contributed by atoms with E-state index in [0.717, 1.165) is 25.1 Å². The van der Waals surface area contributed by atoms with Crippen molar-refractivity contribution in [2.45, 2.75) is 33.6 Å². The molecule has 106 valence electrons. The predicted molar refractivity (Wildman–Crippen MR) is 79.4 cm³/mol. The third kappa shape index (κ3) is 4.47. The third-order valence-corrected chi connectivity index (χ3v) is 3.30. The van der Waals surface area contributed by atoms with Crippen LogP contribution in [0, 0.1) is 5.92 Å². The van der Waals surface area contributed by atoms with Gasteiger partial charge in [-0.15, -0.1) is 0 Å². The van der Waals surface area contributed by atoms with Gasteiger partial charge in [-0.3, -0.25) is 0 Å². The molecule has 0 aromatic heterocycles. The molecule has 0 amide bonds. The highest BCUT2D eigenvalue weighted by Crippen LogP contribution is 2.21. The molecule has 3 N–H and O–H groups in total.